The van der Waals surface area contributed by atoms with Crippen LogP contribution in [0.4, 0.5) is 11.4 Å². The first-order valence-corrected chi connectivity index (χ1v) is 6.48. The average Bonchev–Trinajstić information content (AvgIpc) is 2.43. The van der Waals surface area contributed by atoms with Crippen molar-refractivity contribution in [2.75, 3.05) is 24.6 Å². The molecule has 2 rings (SSSR count). The second kappa shape index (κ2) is 5.83. The number of nitro groups is 1. The summed E-state index contributed by atoms with van der Waals surface area (Å²) in [7, 11) is 0. The van der Waals surface area contributed by atoms with Crippen LogP contribution in [0.25, 0.3) is 10.8 Å². The number of aryl methyl sites for hydroxylation is 1. The molecule has 1 aromatic carbocycles. The van der Waals surface area contributed by atoms with Gasteiger partial charge in [-0.2, -0.15) is 0 Å². The number of pyridine rings is 1. The van der Waals surface area contributed by atoms with Gasteiger partial charge in [-0.05, 0) is 26.0 Å². The summed E-state index contributed by atoms with van der Waals surface area (Å²) in [4.78, 5) is 16.8. The van der Waals surface area contributed by atoms with Gasteiger partial charge in [0.05, 0.1) is 16.9 Å². The van der Waals surface area contributed by atoms with Crippen LogP contribution in [-0.4, -0.2) is 34.7 Å². The van der Waals surface area contributed by atoms with E-state index in [0.29, 0.717) is 11.9 Å². The van der Waals surface area contributed by atoms with Crippen LogP contribution in [0.1, 0.15) is 12.6 Å². The molecule has 0 radical (unpaired) electrons. The number of anilines is 1. The molecule has 0 aliphatic heterocycles. The molecule has 1 heterocycles. The third-order valence-electron chi connectivity index (χ3n) is 3.28. The molecule has 1 N–H and O–H groups in total. The van der Waals surface area contributed by atoms with Crippen LogP contribution in [0.15, 0.2) is 24.4 Å². The Balaban J connectivity index is 2.70. The Morgan fingerprint density at radius 1 is 1.40 bits per heavy atom. The largest absolute Gasteiger partial charge is 0.395 e. The number of nitrogens with zero attached hydrogens (tertiary/aromatic N) is 3. The summed E-state index contributed by atoms with van der Waals surface area (Å²) in [5, 5.41) is 21.6. The Morgan fingerprint density at radius 2 is 2.15 bits per heavy atom. The molecule has 0 saturated heterocycles. The zero-order valence-electron chi connectivity index (χ0n) is 11.5. The third-order valence-corrected chi connectivity index (χ3v) is 3.28. The SMILES string of the molecule is CCN(CCO)c1ccc([N+](=O)[O-])c2cnc(C)cc12. The van der Waals surface area contributed by atoms with Gasteiger partial charge in [0.2, 0.25) is 0 Å². The molecule has 0 amide bonds. The maximum atomic E-state index is 11.1. The lowest BCUT2D eigenvalue weighted by atomic mass is 10.1. The van der Waals surface area contributed by atoms with Gasteiger partial charge in [0.1, 0.15) is 0 Å². The molecule has 0 fully saturated rings. The van der Waals surface area contributed by atoms with Gasteiger partial charge >= 0.3 is 0 Å². The first-order valence-electron chi connectivity index (χ1n) is 6.48. The molecule has 0 unspecified atom stereocenters. The molecule has 6 heteroatoms. The van der Waals surface area contributed by atoms with Crippen LogP contribution in [-0.2, 0) is 0 Å². The highest BCUT2D eigenvalue weighted by Crippen LogP contribution is 2.33. The Bertz CT molecular complexity index is 643. The van der Waals surface area contributed by atoms with E-state index in [9.17, 15) is 10.1 Å². The molecule has 2 aromatic rings. The summed E-state index contributed by atoms with van der Waals surface area (Å²) >= 11 is 0. The fourth-order valence-corrected chi connectivity index (χ4v) is 2.32. The van der Waals surface area contributed by atoms with Crippen molar-refractivity contribution in [3.8, 4) is 0 Å². The topological polar surface area (TPSA) is 79.5 Å². The number of rotatable bonds is 5. The van der Waals surface area contributed by atoms with Crippen molar-refractivity contribution in [3.05, 3.63) is 40.2 Å². The summed E-state index contributed by atoms with van der Waals surface area (Å²) in [5.41, 5.74) is 1.74. The lowest BCUT2D eigenvalue weighted by Gasteiger charge is -2.23. The minimum absolute atomic E-state index is 0.0381. The Morgan fingerprint density at radius 3 is 2.75 bits per heavy atom. The van der Waals surface area contributed by atoms with Gasteiger partial charge in [-0.1, -0.05) is 0 Å². The summed E-state index contributed by atoms with van der Waals surface area (Å²) in [6, 6.07) is 5.07. The number of aromatic nitrogens is 1. The van der Waals surface area contributed by atoms with E-state index in [1.54, 1.807) is 12.3 Å². The van der Waals surface area contributed by atoms with E-state index >= 15 is 0 Å². The lowest BCUT2D eigenvalue weighted by Crippen LogP contribution is -2.26. The van der Waals surface area contributed by atoms with Crippen LogP contribution < -0.4 is 4.90 Å². The van der Waals surface area contributed by atoms with Crippen molar-refractivity contribution >= 4 is 22.1 Å². The summed E-state index contributed by atoms with van der Waals surface area (Å²) < 4.78 is 0. The summed E-state index contributed by atoms with van der Waals surface area (Å²) in [5.74, 6) is 0. The normalized spacial score (nSPS) is 10.8. The third kappa shape index (κ3) is 2.55. The minimum Gasteiger partial charge on any atom is -0.395 e. The number of hydrogen-bond acceptors (Lipinski definition) is 5. The monoisotopic (exact) mass is 275 g/mol. The van der Waals surface area contributed by atoms with E-state index < -0.39 is 4.92 Å². The van der Waals surface area contributed by atoms with Crippen LogP contribution in [0, 0.1) is 17.0 Å². The Kier molecular flexibility index (Phi) is 4.14. The standard InChI is InChI=1S/C14H17N3O3/c1-3-16(6-7-18)13-4-5-14(17(19)20)12-9-15-10(2)8-11(12)13/h4-5,8-9,18H,3,6-7H2,1-2H3. The maximum Gasteiger partial charge on any atom is 0.278 e. The molecular weight excluding hydrogens is 258 g/mol. The van der Waals surface area contributed by atoms with E-state index in [0.717, 1.165) is 23.3 Å². The molecule has 0 saturated carbocycles. The van der Waals surface area contributed by atoms with E-state index in [-0.39, 0.29) is 12.3 Å². The number of aliphatic hydroxyl groups excluding tert-OH is 1. The fourth-order valence-electron chi connectivity index (χ4n) is 2.32. The first kappa shape index (κ1) is 14.2. The molecule has 0 spiro atoms. The number of nitro benzene ring substituents is 1. The highest BCUT2D eigenvalue weighted by molar-refractivity contribution is 5.99. The van der Waals surface area contributed by atoms with E-state index in [1.165, 1.54) is 6.07 Å². The fraction of sp³-hybridized carbons (Fsp3) is 0.357. The van der Waals surface area contributed by atoms with Crippen molar-refractivity contribution in [3.63, 3.8) is 0 Å². The van der Waals surface area contributed by atoms with E-state index in [2.05, 4.69) is 4.98 Å². The molecule has 0 aliphatic rings. The van der Waals surface area contributed by atoms with Crippen LogP contribution in [0.3, 0.4) is 0 Å². The number of non-ortho nitro benzene ring substituents is 1. The zero-order valence-corrected chi connectivity index (χ0v) is 11.5. The van der Waals surface area contributed by atoms with Crippen molar-refractivity contribution in [2.24, 2.45) is 0 Å². The Hall–Kier alpha value is -2.21. The quantitative estimate of drug-likeness (QED) is 0.669. The minimum atomic E-state index is -0.397. The molecule has 0 bridgehead atoms. The van der Waals surface area contributed by atoms with Gasteiger partial charge in [-0.15, -0.1) is 0 Å². The summed E-state index contributed by atoms with van der Waals surface area (Å²) in [6.07, 6.45) is 1.54. The number of hydrogen-bond donors (Lipinski definition) is 1. The van der Waals surface area contributed by atoms with Crippen LogP contribution >= 0.6 is 0 Å². The second-order valence-electron chi connectivity index (χ2n) is 4.54. The molecule has 6 nitrogen and oxygen atoms in total. The number of aliphatic hydroxyl groups is 1. The average molecular weight is 275 g/mol. The van der Waals surface area contributed by atoms with Gasteiger partial charge in [0.25, 0.3) is 5.69 Å². The smallest absolute Gasteiger partial charge is 0.278 e. The van der Waals surface area contributed by atoms with Crippen LogP contribution in [0.2, 0.25) is 0 Å². The van der Waals surface area contributed by atoms with E-state index in [4.69, 9.17) is 5.11 Å². The second-order valence-corrected chi connectivity index (χ2v) is 4.54. The maximum absolute atomic E-state index is 11.1. The molecule has 0 aliphatic carbocycles. The highest BCUT2D eigenvalue weighted by Gasteiger charge is 2.17. The van der Waals surface area contributed by atoms with Gasteiger partial charge in [-0.25, -0.2) is 0 Å². The number of fused-ring (bicyclic) bond motifs is 1. The first-order chi connectivity index (χ1) is 9.58. The zero-order chi connectivity index (χ0) is 14.7. The van der Waals surface area contributed by atoms with Gasteiger partial charge in [0, 0.05) is 42.1 Å². The predicted octanol–water partition coefficient (Wildman–Crippen LogP) is 2.27. The van der Waals surface area contributed by atoms with Crippen molar-refractivity contribution in [2.45, 2.75) is 13.8 Å². The van der Waals surface area contributed by atoms with Crippen LogP contribution in [0.5, 0.6) is 0 Å². The molecule has 106 valence electrons. The Labute approximate surface area is 116 Å². The van der Waals surface area contributed by atoms with Crippen molar-refractivity contribution in [1.29, 1.82) is 0 Å². The van der Waals surface area contributed by atoms with E-state index in [1.807, 2.05) is 24.8 Å². The molecule has 0 atom stereocenters. The molecule has 1 aromatic heterocycles. The molecular formula is C14H17N3O3. The summed E-state index contributed by atoms with van der Waals surface area (Å²) in [6.45, 7) is 5.08. The van der Waals surface area contributed by atoms with Crippen molar-refractivity contribution in [1.82, 2.24) is 4.98 Å². The van der Waals surface area contributed by atoms with Gasteiger partial charge in [0.15, 0.2) is 0 Å². The lowest BCUT2D eigenvalue weighted by molar-refractivity contribution is -0.383. The number of likely N-dealkylation sites (N-methyl/N-ethyl adjacent to an activating group) is 1. The predicted molar refractivity (Wildman–Crippen MR) is 78.1 cm³/mol. The van der Waals surface area contributed by atoms with Crippen molar-refractivity contribution < 1.29 is 10.0 Å². The molecule has 20 heavy (non-hydrogen) atoms. The number of benzene rings is 1. The van der Waals surface area contributed by atoms with Gasteiger partial charge in [-0.3, -0.25) is 15.1 Å². The van der Waals surface area contributed by atoms with Gasteiger partial charge < -0.3 is 10.0 Å². The highest BCUT2D eigenvalue weighted by atomic mass is 16.6.